The van der Waals surface area contributed by atoms with Crippen LogP contribution in [-0.2, 0) is 12.8 Å². The second kappa shape index (κ2) is 6.58. The lowest BCUT2D eigenvalue weighted by atomic mass is 10.0. The Bertz CT molecular complexity index is 368. The van der Waals surface area contributed by atoms with Gasteiger partial charge >= 0.3 is 0 Å². The van der Waals surface area contributed by atoms with E-state index in [0.717, 1.165) is 12.3 Å². The van der Waals surface area contributed by atoms with Gasteiger partial charge in [0, 0.05) is 25.0 Å². The summed E-state index contributed by atoms with van der Waals surface area (Å²) in [5.41, 5.74) is 2.80. The predicted octanol–water partition coefficient (Wildman–Crippen LogP) is 3.74. The van der Waals surface area contributed by atoms with Crippen LogP contribution in [0.5, 0.6) is 0 Å². The normalized spacial score (nSPS) is 24.2. The van der Waals surface area contributed by atoms with Crippen molar-refractivity contribution in [2.45, 2.75) is 51.9 Å². The number of hydrogen-bond acceptors (Lipinski definition) is 0. The van der Waals surface area contributed by atoms with Crippen molar-refractivity contribution < 1.29 is 4.98 Å². The number of nitrogens with one attached hydrogen (secondary N) is 1. The first-order chi connectivity index (χ1) is 8.34. The number of H-pyrrole nitrogens is 1. The van der Waals surface area contributed by atoms with Crippen LogP contribution in [0.2, 0.25) is 0 Å². The Hall–Kier alpha value is -1.11. The molecule has 1 nitrogen and oxygen atoms in total. The van der Waals surface area contributed by atoms with Crippen molar-refractivity contribution in [3.05, 3.63) is 41.7 Å². The molecule has 1 N–H and O–H groups in total. The highest BCUT2D eigenvalue weighted by molar-refractivity contribution is 5.04. The van der Waals surface area contributed by atoms with Gasteiger partial charge in [-0.2, -0.15) is 0 Å². The van der Waals surface area contributed by atoms with E-state index in [2.05, 4.69) is 42.3 Å². The molecule has 2 rings (SSSR count). The van der Waals surface area contributed by atoms with E-state index in [1.54, 1.807) is 0 Å². The van der Waals surface area contributed by atoms with Gasteiger partial charge in [0.05, 0.1) is 0 Å². The van der Waals surface area contributed by atoms with Gasteiger partial charge in [-0.1, -0.05) is 25.5 Å². The largest absolute Gasteiger partial charge is 0.213 e. The van der Waals surface area contributed by atoms with Gasteiger partial charge in [-0.05, 0) is 37.7 Å². The molecule has 0 aromatic carbocycles. The zero-order chi connectivity index (χ0) is 11.9. The van der Waals surface area contributed by atoms with Crippen LogP contribution >= 0.6 is 0 Å². The van der Waals surface area contributed by atoms with Crippen LogP contribution in [0.15, 0.2) is 30.4 Å². The molecule has 0 spiro atoms. The van der Waals surface area contributed by atoms with Crippen molar-refractivity contribution in [3.8, 4) is 0 Å². The summed E-state index contributed by atoms with van der Waals surface area (Å²) in [5, 5.41) is 0. The number of hydrogen-bond donors (Lipinski definition) is 0. The van der Waals surface area contributed by atoms with E-state index in [-0.39, 0.29) is 0 Å². The minimum Gasteiger partial charge on any atom is -0.213 e. The van der Waals surface area contributed by atoms with Crippen LogP contribution in [0.4, 0.5) is 0 Å². The zero-order valence-corrected chi connectivity index (χ0v) is 10.9. The van der Waals surface area contributed by atoms with Gasteiger partial charge in [-0.25, -0.2) is 4.98 Å². The molecule has 0 amide bonds. The second-order valence-electron chi connectivity index (χ2n) is 5.32. The summed E-state index contributed by atoms with van der Waals surface area (Å²) < 4.78 is 0. The molecular weight excluding hydrogens is 206 g/mol. The number of fused-ring (bicyclic) bond motifs is 2. The summed E-state index contributed by atoms with van der Waals surface area (Å²) in [6.07, 6.45) is 13.6. The lowest BCUT2D eigenvalue weighted by molar-refractivity contribution is -0.403. The number of aromatic nitrogens is 1. The minimum absolute atomic E-state index is 0.735. The summed E-state index contributed by atoms with van der Waals surface area (Å²) in [7, 11) is 0. The van der Waals surface area contributed by atoms with Crippen molar-refractivity contribution in [1.82, 2.24) is 0 Å². The predicted molar refractivity (Wildman–Crippen MR) is 71.8 cm³/mol. The van der Waals surface area contributed by atoms with Gasteiger partial charge < -0.3 is 0 Å². The lowest BCUT2D eigenvalue weighted by Gasteiger charge is -2.05. The molecule has 0 saturated carbocycles. The molecular formula is C16H24N+. The quantitative estimate of drug-likeness (QED) is 0.603. The molecule has 1 aliphatic rings. The number of pyridine rings is 1. The van der Waals surface area contributed by atoms with Crippen molar-refractivity contribution >= 4 is 0 Å². The third kappa shape index (κ3) is 4.33. The topological polar surface area (TPSA) is 14.1 Å². The van der Waals surface area contributed by atoms with Crippen LogP contribution in [0.1, 0.15) is 50.4 Å². The van der Waals surface area contributed by atoms with E-state index in [4.69, 9.17) is 0 Å². The molecule has 1 heteroatoms. The fourth-order valence-corrected chi connectivity index (χ4v) is 2.49. The highest BCUT2D eigenvalue weighted by Crippen LogP contribution is 2.12. The van der Waals surface area contributed by atoms with Crippen LogP contribution in [0.3, 0.4) is 0 Å². The SMILES string of the molecule is C[C@@H]1C/C=C\CCCCCc2cccc([nH+]2)C1. The first kappa shape index (κ1) is 12.3. The summed E-state index contributed by atoms with van der Waals surface area (Å²) in [4.78, 5) is 3.59. The second-order valence-corrected chi connectivity index (χ2v) is 5.32. The van der Waals surface area contributed by atoms with E-state index in [0.29, 0.717) is 0 Å². The Morgan fingerprint density at radius 3 is 2.88 bits per heavy atom. The van der Waals surface area contributed by atoms with E-state index in [9.17, 15) is 0 Å². The molecule has 2 bridgehead atoms. The standard InChI is InChI=1S/C16H23N/c1-14-9-6-4-2-3-5-7-10-15-11-8-12-16(13-14)17-15/h4,6,8,11-12,14H,2-3,5,7,9-10,13H2,1H3/p+1/b6-4-/t14-/m1/s1. The maximum absolute atomic E-state index is 3.59. The molecule has 1 atom stereocenters. The molecule has 1 aromatic heterocycles. The molecule has 0 radical (unpaired) electrons. The molecule has 17 heavy (non-hydrogen) atoms. The van der Waals surface area contributed by atoms with Gasteiger partial charge in [0.2, 0.25) is 0 Å². The van der Waals surface area contributed by atoms with Crippen LogP contribution < -0.4 is 4.98 Å². The van der Waals surface area contributed by atoms with E-state index in [1.165, 1.54) is 49.9 Å². The zero-order valence-electron chi connectivity index (χ0n) is 10.9. The monoisotopic (exact) mass is 230 g/mol. The summed E-state index contributed by atoms with van der Waals surface area (Å²) in [5.74, 6) is 0.735. The van der Waals surface area contributed by atoms with E-state index >= 15 is 0 Å². The fraction of sp³-hybridized carbons (Fsp3) is 0.562. The van der Waals surface area contributed by atoms with Gasteiger partial charge in [-0.15, -0.1) is 0 Å². The number of aromatic amines is 1. The maximum atomic E-state index is 3.59. The third-order valence-electron chi connectivity index (χ3n) is 3.51. The number of aryl methyl sites for hydroxylation is 1. The molecule has 0 aliphatic carbocycles. The number of rotatable bonds is 0. The molecule has 92 valence electrons. The highest BCUT2D eigenvalue weighted by atomic mass is 14.7. The van der Waals surface area contributed by atoms with Crippen LogP contribution in [0, 0.1) is 5.92 Å². The van der Waals surface area contributed by atoms with Crippen molar-refractivity contribution in [2.75, 3.05) is 0 Å². The van der Waals surface area contributed by atoms with Crippen molar-refractivity contribution in [2.24, 2.45) is 5.92 Å². The van der Waals surface area contributed by atoms with Gasteiger partial charge in [0.1, 0.15) is 0 Å². The van der Waals surface area contributed by atoms with Crippen LogP contribution in [-0.4, -0.2) is 0 Å². The van der Waals surface area contributed by atoms with E-state index in [1.807, 2.05) is 0 Å². The molecule has 0 fully saturated rings. The number of allylic oxidation sites excluding steroid dienone is 2. The average Bonchev–Trinajstić information content (AvgIpc) is 2.33. The molecule has 1 aromatic rings. The maximum Gasteiger partial charge on any atom is 0.180 e. The Kier molecular flexibility index (Phi) is 4.78. The first-order valence-electron chi connectivity index (χ1n) is 6.99. The molecule has 2 heterocycles. The van der Waals surface area contributed by atoms with Gasteiger partial charge in [-0.3, -0.25) is 0 Å². The van der Waals surface area contributed by atoms with Crippen molar-refractivity contribution in [1.29, 1.82) is 0 Å². The van der Waals surface area contributed by atoms with Crippen LogP contribution in [0.25, 0.3) is 0 Å². The lowest BCUT2D eigenvalue weighted by Crippen LogP contribution is -2.19. The average molecular weight is 230 g/mol. The summed E-state index contributed by atoms with van der Waals surface area (Å²) in [6.45, 7) is 2.34. The molecule has 0 saturated heterocycles. The van der Waals surface area contributed by atoms with Gasteiger partial charge in [0.25, 0.3) is 0 Å². The van der Waals surface area contributed by atoms with Crippen molar-refractivity contribution in [3.63, 3.8) is 0 Å². The minimum atomic E-state index is 0.735. The fourth-order valence-electron chi connectivity index (χ4n) is 2.49. The Balaban J connectivity index is 2.07. The summed E-state index contributed by atoms with van der Waals surface area (Å²) >= 11 is 0. The third-order valence-corrected chi connectivity index (χ3v) is 3.51. The van der Waals surface area contributed by atoms with E-state index < -0.39 is 0 Å². The molecule has 1 aliphatic heterocycles. The smallest absolute Gasteiger partial charge is 0.180 e. The summed E-state index contributed by atoms with van der Waals surface area (Å²) in [6, 6.07) is 6.65. The Morgan fingerprint density at radius 1 is 1.06 bits per heavy atom. The highest BCUT2D eigenvalue weighted by Gasteiger charge is 2.10. The Morgan fingerprint density at radius 2 is 1.94 bits per heavy atom. The Labute approximate surface area is 105 Å². The molecule has 0 unspecified atom stereocenters. The first-order valence-corrected chi connectivity index (χ1v) is 6.99. The van der Waals surface area contributed by atoms with Gasteiger partial charge in [0.15, 0.2) is 11.4 Å².